The van der Waals surface area contributed by atoms with E-state index in [9.17, 15) is 9.18 Å². The second-order valence-electron chi connectivity index (χ2n) is 7.88. The van der Waals surface area contributed by atoms with Gasteiger partial charge in [-0.15, -0.1) is 11.3 Å². The van der Waals surface area contributed by atoms with E-state index >= 15 is 0 Å². The molecule has 0 bridgehead atoms. The maximum absolute atomic E-state index is 13.2. The number of halogens is 1. The zero-order valence-corrected chi connectivity index (χ0v) is 17.5. The number of aryl methyl sites for hydroxylation is 1. The van der Waals surface area contributed by atoms with Crippen molar-refractivity contribution in [1.29, 1.82) is 0 Å². The van der Waals surface area contributed by atoms with Crippen LogP contribution in [0.2, 0.25) is 0 Å². The highest BCUT2D eigenvalue weighted by molar-refractivity contribution is 7.15. The average molecular weight is 423 g/mol. The van der Waals surface area contributed by atoms with Gasteiger partial charge in [0.25, 0.3) is 0 Å². The zero-order chi connectivity index (χ0) is 20.7. The van der Waals surface area contributed by atoms with Gasteiger partial charge in [0.15, 0.2) is 0 Å². The molecule has 1 saturated heterocycles. The molecule has 1 fully saturated rings. The van der Waals surface area contributed by atoms with Crippen LogP contribution in [0.3, 0.4) is 0 Å². The summed E-state index contributed by atoms with van der Waals surface area (Å²) in [6, 6.07) is 14.5. The third kappa shape index (κ3) is 3.64. The number of benzene rings is 2. The Bertz CT molecular complexity index is 1080. The summed E-state index contributed by atoms with van der Waals surface area (Å²) < 4.78 is 13.2. The molecule has 0 saturated carbocycles. The lowest BCUT2D eigenvalue weighted by Gasteiger charge is -2.30. The Morgan fingerprint density at radius 3 is 2.70 bits per heavy atom. The molecule has 2 aromatic carbocycles. The van der Waals surface area contributed by atoms with E-state index in [2.05, 4.69) is 34.0 Å². The van der Waals surface area contributed by atoms with Crippen molar-refractivity contribution in [1.82, 2.24) is 20.7 Å². The molecule has 2 unspecified atom stereocenters. The zero-order valence-electron chi connectivity index (χ0n) is 16.7. The van der Waals surface area contributed by atoms with Gasteiger partial charge in [0.05, 0.1) is 11.7 Å². The Balaban J connectivity index is 1.28. The Morgan fingerprint density at radius 1 is 1.13 bits per heavy atom. The van der Waals surface area contributed by atoms with E-state index in [1.807, 2.05) is 17.9 Å². The van der Waals surface area contributed by atoms with Gasteiger partial charge in [0, 0.05) is 23.5 Å². The highest BCUT2D eigenvalue weighted by atomic mass is 32.1. The molecular formula is C23H23FN4OS. The van der Waals surface area contributed by atoms with Crippen LogP contribution < -0.4 is 10.9 Å². The van der Waals surface area contributed by atoms with Crippen molar-refractivity contribution >= 4 is 17.2 Å². The lowest BCUT2D eigenvalue weighted by molar-refractivity contribution is -0.134. The van der Waals surface area contributed by atoms with Crippen molar-refractivity contribution in [3.05, 3.63) is 76.0 Å². The average Bonchev–Trinajstić information content (AvgIpc) is 3.40. The molecule has 154 valence electrons. The number of aromatic nitrogens is 1. The quantitative estimate of drug-likeness (QED) is 0.675. The minimum Gasteiger partial charge on any atom is -0.337 e. The number of rotatable bonds is 3. The van der Waals surface area contributed by atoms with Crippen molar-refractivity contribution in [3.8, 4) is 10.6 Å². The largest absolute Gasteiger partial charge is 0.337 e. The van der Waals surface area contributed by atoms with Crippen molar-refractivity contribution in [2.75, 3.05) is 6.54 Å². The molecule has 2 N–H and O–H groups in total. The van der Waals surface area contributed by atoms with E-state index in [1.165, 1.54) is 23.3 Å². The number of hydrogen-bond donors (Lipinski definition) is 2. The summed E-state index contributed by atoms with van der Waals surface area (Å²) in [5.41, 5.74) is 10.9. The topological polar surface area (TPSA) is 57.3 Å². The van der Waals surface area contributed by atoms with E-state index in [1.54, 1.807) is 23.5 Å². The number of nitrogens with zero attached hydrogens (tertiary/aromatic N) is 2. The van der Waals surface area contributed by atoms with E-state index in [0.29, 0.717) is 13.0 Å². The molecule has 7 heteroatoms. The van der Waals surface area contributed by atoms with Gasteiger partial charge in [0.2, 0.25) is 5.91 Å². The molecular weight excluding hydrogens is 399 g/mol. The molecule has 2 atom stereocenters. The summed E-state index contributed by atoms with van der Waals surface area (Å²) in [5, 5.41) is 0.867. The van der Waals surface area contributed by atoms with Gasteiger partial charge in [-0.3, -0.25) is 4.79 Å². The highest BCUT2D eigenvalue weighted by Gasteiger charge is 2.35. The van der Waals surface area contributed by atoms with Gasteiger partial charge in [-0.05, 0) is 55.2 Å². The number of hydrazine groups is 1. The van der Waals surface area contributed by atoms with Crippen LogP contribution in [0, 0.1) is 12.7 Å². The summed E-state index contributed by atoms with van der Waals surface area (Å²) in [7, 11) is 0. The molecule has 1 aromatic heterocycles. The Labute approximate surface area is 178 Å². The van der Waals surface area contributed by atoms with Crippen molar-refractivity contribution < 1.29 is 9.18 Å². The highest BCUT2D eigenvalue weighted by Crippen LogP contribution is 2.35. The number of amides is 1. The first-order valence-corrected chi connectivity index (χ1v) is 11.0. The van der Waals surface area contributed by atoms with E-state index in [0.717, 1.165) is 34.1 Å². The number of fused-ring (bicyclic) bond motifs is 1. The lowest BCUT2D eigenvalue weighted by Crippen LogP contribution is -2.47. The third-order valence-electron chi connectivity index (χ3n) is 5.88. The van der Waals surface area contributed by atoms with Crippen LogP contribution in [0.4, 0.5) is 4.39 Å². The third-order valence-corrected chi connectivity index (χ3v) is 7.20. The van der Waals surface area contributed by atoms with E-state index < -0.39 is 0 Å². The van der Waals surface area contributed by atoms with Crippen molar-refractivity contribution in [2.45, 2.75) is 38.4 Å². The molecule has 0 spiro atoms. The Kier molecular flexibility index (Phi) is 5.10. The monoisotopic (exact) mass is 422 g/mol. The maximum Gasteiger partial charge on any atom is 0.241 e. The van der Waals surface area contributed by atoms with Crippen LogP contribution in [-0.2, 0) is 17.8 Å². The second kappa shape index (κ2) is 7.91. The molecule has 30 heavy (non-hydrogen) atoms. The molecule has 1 amide bonds. The number of nitrogens with one attached hydrogen (secondary N) is 2. The van der Waals surface area contributed by atoms with Gasteiger partial charge >= 0.3 is 0 Å². The molecule has 0 radical (unpaired) electrons. The fraction of sp³-hybridized carbons (Fsp3) is 0.304. The van der Waals surface area contributed by atoms with Crippen LogP contribution in [0.15, 0.2) is 48.5 Å². The van der Waals surface area contributed by atoms with Crippen LogP contribution in [0.1, 0.15) is 34.2 Å². The smallest absolute Gasteiger partial charge is 0.241 e. The van der Waals surface area contributed by atoms with E-state index in [4.69, 9.17) is 0 Å². The molecule has 2 aliphatic rings. The van der Waals surface area contributed by atoms with Crippen molar-refractivity contribution in [2.24, 2.45) is 0 Å². The van der Waals surface area contributed by atoms with Crippen LogP contribution in [0.25, 0.3) is 10.6 Å². The summed E-state index contributed by atoms with van der Waals surface area (Å²) in [6.45, 7) is 3.41. The van der Waals surface area contributed by atoms with Gasteiger partial charge in [-0.1, -0.05) is 24.3 Å². The molecule has 5 rings (SSSR count). The fourth-order valence-electron chi connectivity index (χ4n) is 4.24. The van der Waals surface area contributed by atoms with Crippen LogP contribution in [-0.4, -0.2) is 28.4 Å². The van der Waals surface area contributed by atoms with Gasteiger partial charge in [-0.25, -0.2) is 20.2 Å². The first-order valence-electron chi connectivity index (χ1n) is 10.2. The predicted molar refractivity (Wildman–Crippen MR) is 115 cm³/mol. The summed E-state index contributed by atoms with van der Waals surface area (Å²) in [6.07, 6.45) is 1.59. The number of carbonyl (C=O) groups is 1. The Hall–Kier alpha value is -2.61. The molecule has 5 nitrogen and oxygen atoms in total. The molecule has 3 heterocycles. The maximum atomic E-state index is 13.2. The fourth-order valence-corrected chi connectivity index (χ4v) is 5.38. The first-order chi connectivity index (χ1) is 14.6. The lowest BCUT2D eigenvalue weighted by atomic mass is 9.98. The Morgan fingerprint density at radius 2 is 1.90 bits per heavy atom. The van der Waals surface area contributed by atoms with Crippen LogP contribution >= 0.6 is 11.3 Å². The van der Waals surface area contributed by atoms with Gasteiger partial charge in [-0.2, -0.15) is 0 Å². The normalized spacial score (nSPS) is 20.9. The molecule has 2 aliphatic heterocycles. The molecule has 0 aliphatic carbocycles. The number of carbonyl (C=O) groups excluding carboxylic acids is 1. The minimum absolute atomic E-state index is 0.0303. The van der Waals surface area contributed by atoms with Crippen LogP contribution in [0.5, 0.6) is 0 Å². The SMILES string of the molecule is Cc1nc(-c2ccc(F)cc2)sc1C1CC(C(=O)N2CCc3ccccc3C2)NN1. The first kappa shape index (κ1) is 19.4. The number of hydrogen-bond acceptors (Lipinski definition) is 5. The predicted octanol–water partition coefficient (Wildman–Crippen LogP) is 3.75. The van der Waals surface area contributed by atoms with Crippen molar-refractivity contribution in [3.63, 3.8) is 0 Å². The van der Waals surface area contributed by atoms with E-state index in [-0.39, 0.29) is 23.8 Å². The second-order valence-corrected chi connectivity index (χ2v) is 8.91. The molecule has 3 aromatic rings. The summed E-state index contributed by atoms with van der Waals surface area (Å²) >= 11 is 1.59. The number of thiazole rings is 1. The standard InChI is InChI=1S/C23H23FN4OS/c1-14-21(30-22(25-14)16-6-8-18(24)9-7-16)19-12-20(27-26-19)23(29)28-11-10-15-4-2-3-5-17(15)13-28/h2-9,19-20,26-27H,10-13H2,1H3. The summed E-state index contributed by atoms with van der Waals surface area (Å²) in [5.74, 6) is -0.115. The van der Waals surface area contributed by atoms with Gasteiger partial charge in [0.1, 0.15) is 16.9 Å². The minimum atomic E-state index is -0.254. The summed E-state index contributed by atoms with van der Waals surface area (Å²) in [4.78, 5) is 20.8. The van der Waals surface area contributed by atoms with Gasteiger partial charge < -0.3 is 4.90 Å².